The third-order valence-electron chi connectivity index (χ3n) is 2.19. The number of aryl methyl sites for hydroxylation is 1. The van der Waals surface area contributed by atoms with Gasteiger partial charge in [0.05, 0.1) is 5.39 Å². The highest BCUT2D eigenvalue weighted by molar-refractivity contribution is 5.90. The van der Waals surface area contributed by atoms with Gasteiger partial charge in [0, 0.05) is 0 Å². The first-order valence-electron chi connectivity index (χ1n) is 4.25. The van der Waals surface area contributed by atoms with Crippen molar-refractivity contribution in [2.75, 3.05) is 0 Å². The molecule has 1 N–H and O–H groups in total. The second-order valence-corrected chi connectivity index (χ2v) is 3.13. The molecule has 2 aromatic rings. The minimum atomic E-state index is -0.867. The van der Waals surface area contributed by atoms with E-state index in [-0.39, 0.29) is 11.3 Å². The van der Waals surface area contributed by atoms with Crippen LogP contribution >= 0.6 is 0 Å². The maximum Gasteiger partial charge on any atom is 0.510 e. The van der Waals surface area contributed by atoms with Crippen molar-refractivity contribution in [3.05, 3.63) is 39.2 Å². The van der Waals surface area contributed by atoms with Crippen molar-refractivity contribution in [2.24, 2.45) is 0 Å². The average molecular weight is 203 g/mol. The van der Waals surface area contributed by atoms with Crippen LogP contribution in [0.4, 0.5) is 5.69 Å². The van der Waals surface area contributed by atoms with Gasteiger partial charge in [-0.2, -0.15) is 0 Å². The molecule has 0 amide bonds. The molecule has 0 aliphatic carbocycles. The van der Waals surface area contributed by atoms with Gasteiger partial charge in [-0.15, -0.1) is 0 Å². The summed E-state index contributed by atoms with van der Waals surface area (Å²) in [6.07, 6.45) is 0. The summed E-state index contributed by atoms with van der Waals surface area (Å²) >= 11 is 0. The predicted octanol–water partition coefficient (Wildman–Crippen LogP) is 2.29. The molecule has 0 aliphatic rings. The van der Waals surface area contributed by atoms with Crippen molar-refractivity contribution in [3.63, 3.8) is 0 Å². The largest absolute Gasteiger partial charge is 0.510 e. The SMILES string of the molecule is Cc1cccc2oc(=O)c([N+]#N)c(O)c12. The zero-order chi connectivity index (χ0) is 11.0. The number of benzene rings is 1. The second-order valence-electron chi connectivity index (χ2n) is 3.13. The van der Waals surface area contributed by atoms with Gasteiger partial charge in [0.15, 0.2) is 4.98 Å². The summed E-state index contributed by atoms with van der Waals surface area (Å²) < 4.78 is 4.88. The van der Waals surface area contributed by atoms with Crippen molar-refractivity contribution in [1.82, 2.24) is 0 Å². The topological polar surface area (TPSA) is 78.6 Å². The Kier molecular flexibility index (Phi) is 1.90. The number of nitrogens with zero attached hydrogens (tertiary/aromatic N) is 2. The second kappa shape index (κ2) is 3.10. The highest BCUT2D eigenvalue weighted by atomic mass is 16.4. The number of hydrogen-bond donors (Lipinski definition) is 1. The molecule has 1 aromatic carbocycles. The Hall–Kier alpha value is -2.35. The van der Waals surface area contributed by atoms with E-state index in [4.69, 9.17) is 9.81 Å². The van der Waals surface area contributed by atoms with Crippen LogP contribution in [-0.4, -0.2) is 5.11 Å². The molecule has 5 nitrogen and oxygen atoms in total. The third-order valence-corrected chi connectivity index (χ3v) is 2.19. The van der Waals surface area contributed by atoms with Crippen LogP contribution in [0.3, 0.4) is 0 Å². The van der Waals surface area contributed by atoms with E-state index in [1.54, 1.807) is 25.1 Å². The molecule has 0 aliphatic heterocycles. The number of hydrogen-bond acceptors (Lipinski definition) is 4. The lowest BCUT2D eigenvalue weighted by atomic mass is 10.1. The summed E-state index contributed by atoms with van der Waals surface area (Å²) in [5.41, 5.74) is -0.339. The van der Waals surface area contributed by atoms with Crippen molar-refractivity contribution < 1.29 is 9.52 Å². The van der Waals surface area contributed by atoms with E-state index in [1.807, 2.05) is 0 Å². The zero-order valence-electron chi connectivity index (χ0n) is 7.89. The number of diazo groups is 1. The molecule has 15 heavy (non-hydrogen) atoms. The first-order chi connectivity index (χ1) is 7.15. The quantitative estimate of drug-likeness (QED) is 0.526. The monoisotopic (exact) mass is 203 g/mol. The molecule has 0 fully saturated rings. The maximum atomic E-state index is 11.2. The Morgan fingerprint density at radius 1 is 1.47 bits per heavy atom. The van der Waals surface area contributed by atoms with Crippen LogP contribution in [-0.2, 0) is 0 Å². The van der Waals surface area contributed by atoms with Crippen LogP contribution in [0.1, 0.15) is 5.56 Å². The van der Waals surface area contributed by atoms with E-state index in [0.717, 1.165) is 5.56 Å². The van der Waals surface area contributed by atoms with Gasteiger partial charge in [-0.05, 0) is 18.6 Å². The van der Waals surface area contributed by atoms with Crippen LogP contribution < -0.4 is 5.63 Å². The molecule has 0 spiro atoms. The Bertz CT molecular complexity index is 637. The van der Waals surface area contributed by atoms with Gasteiger partial charge in [0.2, 0.25) is 11.1 Å². The normalized spacial score (nSPS) is 10.1. The smallest absolute Gasteiger partial charge is 0.501 e. The molecule has 0 radical (unpaired) electrons. The van der Waals surface area contributed by atoms with Crippen LogP contribution in [0.25, 0.3) is 15.9 Å². The van der Waals surface area contributed by atoms with Gasteiger partial charge in [-0.25, -0.2) is 4.79 Å². The Balaban J connectivity index is 3.08. The molecule has 0 unspecified atom stereocenters. The van der Waals surface area contributed by atoms with E-state index >= 15 is 0 Å². The van der Waals surface area contributed by atoms with E-state index in [2.05, 4.69) is 4.98 Å². The van der Waals surface area contributed by atoms with Gasteiger partial charge in [-0.1, -0.05) is 12.1 Å². The first kappa shape index (κ1) is 9.21. The van der Waals surface area contributed by atoms with Crippen LogP contribution in [0, 0.1) is 12.3 Å². The van der Waals surface area contributed by atoms with Crippen LogP contribution in [0.2, 0.25) is 0 Å². The van der Waals surface area contributed by atoms with Crippen molar-refractivity contribution in [3.8, 4) is 5.75 Å². The minimum absolute atomic E-state index is 0.268. The third kappa shape index (κ3) is 1.23. The molecule has 1 aromatic heterocycles. The zero-order valence-corrected chi connectivity index (χ0v) is 7.89. The van der Waals surface area contributed by atoms with E-state index in [0.29, 0.717) is 5.39 Å². The molecule has 2 rings (SSSR count). The van der Waals surface area contributed by atoms with Crippen LogP contribution in [0.15, 0.2) is 27.4 Å². The molecular weight excluding hydrogens is 196 g/mol. The van der Waals surface area contributed by atoms with Crippen molar-refractivity contribution in [1.29, 1.82) is 5.39 Å². The molecule has 0 saturated carbocycles. The predicted molar refractivity (Wildman–Crippen MR) is 53.6 cm³/mol. The maximum absolute atomic E-state index is 11.2. The summed E-state index contributed by atoms with van der Waals surface area (Å²) in [5, 5.41) is 18.6. The van der Waals surface area contributed by atoms with Crippen LogP contribution in [0.5, 0.6) is 5.75 Å². The molecule has 1 heterocycles. The van der Waals surface area contributed by atoms with Gasteiger partial charge >= 0.3 is 11.3 Å². The van der Waals surface area contributed by atoms with Crippen molar-refractivity contribution >= 4 is 16.7 Å². The fourth-order valence-corrected chi connectivity index (χ4v) is 1.48. The molecule has 74 valence electrons. The lowest BCUT2D eigenvalue weighted by Crippen LogP contribution is -1.98. The highest BCUT2D eigenvalue weighted by Crippen LogP contribution is 2.33. The number of aromatic hydroxyl groups is 1. The fraction of sp³-hybridized carbons (Fsp3) is 0.100. The summed E-state index contributed by atoms with van der Waals surface area (Å²) in [7, 11) is 0. The van der Waals surface area contributed by atoms with E-state index < -0.39 is 11.3 Å². The summed E-state index contributed by atoms with van der Waals surface area (Å²) in [6.45, 7) is 1.75. The summed E-state index contributed by atoms with van der Waals surface area (Å²) in [5.74, 6) is -0.359. The summed E-state index contributed by atoms with van der Waals surface area (Å²) in [6, 6.07) is 5.02. The van der Waals surface area contributed by atoms with E-state index in [1.165, 1.54) is 0 Å². The molecule has 0 atom stereocenters. The minimum Gasteiger partial charge on any atom is -0.501 e. The average Bonchev–Trinajstić information content (AvgIpc) is 2.17. The van der Waals surface area contributed by atoms with Gasteiger partial charge in [0.1, 0.15) is 5.58 Å². The Labute approximate surface area is 84.2 Å². The lowest BCUT2D eigenvalue weighted by molar-refractivity contribution is 0.472. The standard InChI is InChI=1S/C10H6N2O3/c1-5-3-2-4-6-7(5)9(13)8(12-11)10(14)15-6/h2-4H,1H3/p+1. The molecule has 5 heteroatoms. The van der Waals surface area contributed by atoms with E-state index in [9.17, 15) is 9.90 Å². The molecule has 0 saturated heterocycles. The van der Waals surface area contributed by atoms with Gasteiger partial charge < -0.3 is 9.52 Å². The Morgan fingerprint density at radius 2 is 2.20 bits per heavy atom. The lowest BCUT2D eigenvalue weighted by Gasteiger charge is -1.99. The molecular formula is C10H7N2O3+. The Morgan fingerprint density at radius 3 is 2.87 bits per heavy atom. The first-order valence-corrected chi connectivity index (χ1v) is 4.25. The van der Waals surface area contributed by atoms with Crippen molar-refractivity contribution in [2.45, 2.75) is 6.92 Å². The van der Waals surface area contributed by atoms with Gasteiger partial charge in [0.25, 0.3) is 0 Å². The fourth-order valence-electron chi connectivity index (χ4n) is 1.48. The summed E-state index contributed by atoms with van der Waals surface area (Å²) in [4.78, 5) is 13.9. The number of fused-ring (bicyclic) bond motifs is 1. The number of rotatable bonds is 0. The van der Waals surface area contributed by atoms with Gasteiger partial charge in [-0.3, -0.25) is 0 Å². The highest BCUT2D eigenvalue weighted by Gasteiger charge is 2.25. The molecule has 0 bridgehead atoms.